The Hall–Kier alpha value is -2.14. The lowest BCUT2D eigenvalue weighted by molar-refractivity contribution is 0.184. The molecule has 106 valence electrons. The summed E-state index contributed by atoms with van der Waals surface area (Å²) in [6.07, 6.45) is 0.699. The van der Waals surface area contributed by atoms with Crippen LogP contribution in [0.15, 0.2) is 35.1 Å². The molecule has 0 unspecified atom stereocenters. The average molecular weight is 273 g/mol. The van der Waals surface area contributed by atoms with Crippen LogP contribution < -0.4 is 10.9 Å². The van der Waals surface area contributed by atoms with Crippen LogP contribution in [0, 0.1) is 0 Å². The number of rotatable bonds is 6. The lowest BCUT2D eigenvalue weighted by Crippen LogP contribution is -2.13. The van der Waals surface area contributed by atoms with Crippen molar-refractivity contribution in [2.45, 2.75) is 26.5 Å². The van der Waals surface area contributed by atoms with Crippen molar-refractivity contribution in [2.75, 3.05) is 12.4 Å². The fourth-order valence-corrected chi connectivity index (χ4v) is 1.98. The minimum absolute atomic E-state index is 0.135. The Morgan fingerprint density at radius 3 is 2.75 bits per heavy atom. The Kier molecular flexibility index (Phi) is 4.90. The van der Waals surface area contributed by atoms with Crippen LogP contribution in [0.1, 0.15) is 23.9 Å². The smallest absolute Gasteiger partial charge is 0.252 e. The van der Waals surface area contributed by atoms with Gasteiger partial charge in [0.05, 0.1) is 6.61 Å². The maximum Gasteiger partial charge on any atom is 0.252 e. The number of ether oxygens (including phenoxy) is 1. The first-order valence-corrected chi connectivity index (χ1v) is 6.62. The molecule has 0 amide bonds. The average Bonchev–Trinajstić information content (AvgIpc) is 2.46. The van der Waals surface area contributed by atoms with Gasteiger partial charge in [-0.1, -0.05) is 31.2 Å². The zero-order chi connectivity index (χ0) is 14.4. The maximum absolute atomic E-state index is 11.5. The predicted molar refractivity (Wildman–Crippen MR) is 78.7 cm³/mol. The third kappa shape index (κ3) is 3.68. The molecule has 5 nitrogen and oxygen atoms in total. The number of anilines is 1. The third-order valence-electron chi connectivity index (χ3n) is 3.00. The van der Waals surface area contributed by atoms with Crippen LogP contribution in [0.2, 0.25) is 0 Å². The third-order valence-corrected chi connectivity index (χ3v) is 3.00. The van der Waals surface area contributed by atoms with Gasteiger partial charge in [0.25, 0.3) is 5.56 Å². The standard InChI is InChI=1S/C15H19N3O2/c1-3-13-17-14(8-15(19)18-13)16-9-11-6-4-5-7-12(11)10-20-2/h4-8H,3,9-10H2,1-2H3,(H2,16,17,18,19). The van der Waals surface area contributed by atoms with E-state index in [1.54, 1.807) is 7.11 Å². The molecule has 0 fully saturated rings. The predicted octanol–water partition coefficient (Wildman–Crippen LogP) is 2.09. The number of aryl methyl sites for hydroxylation is 1. The number of methoxy groups -OCH3 is 1. The van der Waals surface area contributed by atoms with Crippen LogP contribution in [0.5, 0.6) is 0 Å². The van der Waals surface area contributed by atoms with Crippen molar-refractivity contribution in [2.24, 2.45) is 0 Å². The van der Waals surface area contributed by atoms with Crippen LogP contribution in [-0.2, 0) is 24.3 Å². The summed E-state index contributed by atoms with van der Waals surface area (Å²) in [5, 5.41) is 3.19. The van der Waals surface area contributed by atoms with Crippen LogP contribution in [0.4, 0.5) is 5.82 Å². The molecule has 2 rings (SSSR count). The summed E-state index contributed by atoms with van der Waals surface area (Å²) >= 11 is 0. The van der Waals surface area contributed by atoms with Gasteiger partial charge in [-0.15, -0.1) is 0 Å². The molecular weight excluding hydrogens is 254 g/mol. The van der Waals surface area contributed by atoms with Crippen molar-refractivity contribution in [3.63, 3.8) is 0 Å². The lowest BCUT2D eigenvalue weighted by Gasteiger charge is -2.10. The molecule has 0 bridgehead atoms. The summed E-state index contributed by atoms with van der Waals surface area (Å²) in [7, 11) is 1.68. The second-order valence-corrected chi connectivity index (χ2v) is 4.49. The highest BCUT2D eigenvalue weighted by molar-refractivity contribution is 5.36. The van der Waals surface area contributed by atoms with Crippen molar-refractivity contribution in [1.82, 2.24) is 9.97 Å². The number of H-pyrrole nitrogens is 1. The first-order valence-electron chi connectivity index (χ1n) is 6.62. The molecule has 0 atom stereocenters. The summed E-state index contributed by atoms with van der Waals surface area (Å²) in [5.41, 5.74) is 2.13. The van der Waals surface area contributed by atoms with E-state index in [1.165, 1.54) is 6.07 Å². The molecule has 0 saturated carbocycles. The largest absolute Gasteiger partial charge is 0.380 e. The van der Waals surface area contributed by atoms with Crippen molar-refractivity contribution in [1.29, 1.82) is 0 Å². The first kappa shape index (κ1) is 14.3. The molecule has 0 aliphatic carbocycles. The lowest BCUT2D eigenvalue weighted by atomic mass is 10.1. The van der Waals surface area contributed by atoms with Crippen LogP contribution >= 0.6 is 0 Å². The highest BCUT2D eigenvalue weighted by atomic mass is 16.5. The summed E-state index contributed by atoms with van der Waals surface area (Å²) in [6, 6.07) is 9.51. The van der Waals surface area contributed by atoms with E-state index in [1.807, 2.05) is 31.2 Å². The van der Waals surface area contributed by atoms with Crippen LogP contribution in [0.25, 0.3) is 0 Å². The summed E-state index contributed by atoms with van der Waals surface area (Å²) in [6.45, 7) is 3.13. The molecule has 5 heteroatoms. The quantitative estimate of drug-likeness (QED) is 0.845. The number of hydrogen-bond donors (Lipinski definition) is 2. The summed E-state index contributed by atoms with van der Waals surface area (Å²) in [4.78, 5) is 18.5. The molecule has 1 aromatic carbocycles. The number of aromatic amines is 1. The maximum atomic E-state index is 11.5. The number of nitrogens with zero attached hydrogens (tertiary/aromatic N) is 1. The summed E-state index contributed by atoms with van der Waals surface area (Å²) in [5.74, 6) is 1.28. The Morgan fingerprint density at radius 2 is 2.05 bits per heavy atom. The molecule has 0 spiro atoms. The van der Waals surface area contributed by atoms with Crippen molar-refractivity contribution in [3.05, 3.63) is 57.6 Å². The monoisotopic (exact) mass is 273 g/mol. The zero-order valence-electron chi connectivity index (χ0n) is 11.8. The molecule has 2 aromatic rings. The highest BCUT2D eigenvalue weighted by Gasteiger charge is 2.03. The van der Waals surface area contributed by atoms with E-state index in [0.29, 0.717) is 31.2 Å². The molecule has 20 heavy (non-hydrogen) atoms. The minimum atomic E-state index is -0.135. The van der Waals surface area contributed by atoms with Gasteiger partial charge in [-0.05, 0) is 11.1 Å². The van der Waals surface area contributed by atoms with Crippen molar-refractivity contribution >= 4 is 5.82 Å². The SMILES string of the molecule is CCc1nc(NCc2ccccc2COC)cc(=O)[nH]1. The van der Waals surface area contributed by atoms with E-state index in [-0.39, 0.29) is 5.56 Å². The number of nitrogens with one attached hydrogen (secondary N) is 2. The second-order valence-electron chi connectivity index (χ2n) is 4.49. The first-order chi connectivity index (χ1) is 9.72. The van der Waals surface area contributed by atoms with Gasteiger partial charge in [-0.3, -0.25) is 4.79 Å². The van der Waals surface area contributed by atoms with E-state index in [4.69, 9.17) is 4.74 Å². The Balaban J connectivity index is 2.12. The molecule has 0 saturated heterocycles. The van der Waals surface area contributed by atoms with Crippen molar-refractivity contribution < 1.29 is 4.74 Å². The second kappa shape index (κ2) is 6.86. The van der Waals surface area contributed by atoms with Gasteiger partial charge in [0, 0.05) is 26.1 Å². The topological polar surface area (TPSA) is 67.0 Å². The van der Waals surface area contributed by atoms with Gasteiger partial charge in [-0.2, -0.15) is 0 Å². The Labute approximate surface area is 118 Å². The van der Waals surface area contributed by atoms with Gasteiger partial charge in [0.1, 0.15) is 11.6 Å². The van der Waals surface area contributed by atoms with Gasteiger partial charge in [-0.25, -0.2) is 4.98 Å². The number of benzene rings is 1. The van der Waals surface area contributed by atoms with E-state index < -0.39 is 0 Å². The zero-order valence-corrected chi connectivity index (χ0v) is 11.8. The minimum Gasteiger partial charge on any atom is -0.380 e. The van der Waals surface area contributed by atoms with E-state index in [0.717, 1.165) is 11.1 Å². The van der Waals surface area contributed by atoms with Gasteiger partial charge in [0.2, 0.25) is 0 Å². The van der Waals surface area contributed by atoms with Gasteiger partial charge < -0.3 is 15.0 Å². The normalized spacial score (nSPS) is 10.5. The molecule has 0 aliphatic heterocycles. The van der Waals surface area contributed by atoms with E-state index in [9.17, 15) is 4.79 Å². The summed E-state index contributed by atoms with van der Waals surface area (Å²) < 4.78 is 5.18. The molecule has 2 N–H and O–H groups in total. The molecule has 1 heterocycles. The van der Waals surface area contributed by atoms with Crippen LogP contribution in [-0.4, -0.2) is 17.1 Å². The molecule has 0 radical (unpaired) electrons. The number of hydrogen-bond acceptors (Lipinski definition) is 4. The van der Waals surface area contributed by atoms with E-state index >= 15 is 0 Å². The molecule has 1 aromatic heterocycles. The van der Waals surface area contributed by atoms with Crippen molar-refractivity contribution in [3.8, 4) is 0 Å². The molecule has 0 aliphatic rings. The van der Waals surface area contributed by atoms with Gasteiger partial charge >= 0.3 is 0 Å². The Bertz CT molecular complexity index is 623. The fourth-order valence-electron chi connectivity index (χ4n) is 1.98. The Morgan fingerprint density at radius 1 is 1.30 bits per heavy atom. The van der Waals surface area contributed by atoms with Gasteiger partial charge in [0.15, 0.2) is 0 Å². The number of aromatic nitrogens is 2. The fraction of sp³-hybridized carbons (Fsp3) is 0.333. The van der Waals surface area contributed by atoms with Crippen LogP contribution in [0.3, 0.4) is 0 Å². The van der Waals surface area contributed by atoms with E-state index in [2.05, 4.69) is 15.3 Å². The molecular formula is C15H19N3O2. The highest BCUT2D eigenvalue weighted by Crippen LogP contribution is 2.12.